The number of aromatic nitrogens is 2. The van der Waals surface area contributed by atoms with E-state index in [0.717, 1.165) is 70.2 Å². The van der Waals surface area contributed by atoms with E-state index >= 15 is 0 Å². The SMILES string of the molecule is C/C=N\N1C=CC(Oc2ccc(Nc3ncnc4ccc(C)c(OCC(CCCC)NCCC)c34)cc2C)=CC1. The van der Waals surface area contributed by atoms with Crippen molar-refractivity contribution in [2.24, 2.45) is 5.10 Å². The first kappa shape index (κ1) is 29.1. The number of hydrogen-bond donors (Lipinski definition) is 2. The van der Waals surface area contributed by atoms with Crippen molar-refractivity contribution in [2.45, 2.75) is 66.3 Å². The van der Waals surface area contributed by atoms with Crippen molar-refractivity contribution in [2.75, 3.05) is 25.0 Å². The summed E-state index contributed by atoms with van der Waals surface area (Å²) in [6.45, 7) is 12.7. The molecule has 1 unspecified atom stereocenters. The molecular weight excluding hydrogens is 500 g/mol. The monoisotopic (exact) mass is 542 g/mol. The van der Waals surface area contributed by atoms with Gasteiger partial charge in [0.25, 0.3) is 0 Å². The molecule has 3 aromatic rings. The van der Waals surface area contributed by atoms with Gasteiger partial charge in [-0.2, -0.15) is 5.10 Å². The zero-order valence-corrected chi connectivity index (χ0v) is 24.4. The molecule has 0 saturated heterocycles. The minimum Gasteiger partial charge on any atom is -0.491 e. The Labute approximate surface area is 238 Å². The van der Waals surface area contributed by atoms with E-state index < -0.39 is 0 Å². The largest absolute Gasteiger partial charge is 0.491 e. The standard InChI is InChI=1S/C32H42N6O2/c1-6-9-10-26(33-17-7-2)21-39-31-23(4)11-13-28-30(31)32(35-22-34-28)37-25-12-14-29(24(5)20-25)40-27-15-18-38(19-16-27)36-8-3/h8,11-16,18,20,22,26,33H,6-7,9-10,17,19,21H2,1-5H3,(H,34,35,37)/b36-8-. The summed E-state index contributed by atoms with van der Waals surface area (Å²) < 4.78 is 12.7. The number of aryl methyl sites for hydroxylation is 2. The van der Waals surface area contributed by atoms with E-state index in [4.69, 9.17) is 9.47 Å². The van der Waals surface area contributed by atoms with Gasteiger partial charge in [-0.15, -0.1) is 0 Å². The number of hydrazone groups is 1. The molecular formula is C32H42N6O2. The van der Waals surface area contributed by atoms with Crippen molar-refractivity contribution in [3.8, 4) is 11.5 Å². The molecule has 2 aromatic carbocycles. The highest BCUT2D eigenvalue weighted by Gasteiger charge is 2.16. The molecule has 0 amide bonds. The van der Waals surface area contributed by atoms with Crippen LogP contribution in [0.25, 0.3) is 10.9 Å². The first-order chi connectivity index (χ1) is 19.5. The van der Waals surface area contributed by atoms with Crippen LogP contribution in [0.1, 0.15) is 57.6 Å². The number of fused-ring (bicyclic) bond motifs is 1. The quantitative estimate of drug-likeness (QED) is 0.212. The van der Waals surface area contributed by atoms with Gasteiger partial charge in [-0.3, -0.25) is 5.01 Å². The molecule has 0 aliphatic carbocycles. The van der Waals surface area contributed by atoms with Crippen molar-refractivity contribution in [3.63, 3.8) is 0 Å². The Balaban J connectivity index is 1.53. The van der Waals surface area contributed by atoms with Crippen LogP contribution in [-0.2, 0) is 0 Å². The zero-order chi connectivity index (χ0) is 28.3. The van der Waals surface area contributed by atoms with E-state index in [1.54, 1.807) is 12.5 Å². The molecule has 1 aliphatic rings. The molecule has 212 valence electrons. The number of benzene rings is 2. The van der Waals surface area contributed by atoms with Gasteiger partial charge in [0.15, 0.2) is 0 Å². The number of allylic oxidation sites excluding steroid dienone is 1. The third-order valence-corrected chi connectivity index (χ3v) is 6.79. The maximum Gasteiger partial charge on any atom is 0.145 e. The minimum atomic E-state index is 0.308. The van der Waals surface area contributed by atoms with Gasteiger partial charge >= 0.3 is 0 Å². The summed E-state index contributed by atoms with van der Waals surface area (Å²) in [5.74, 6) is 3.16. The summed E-state index contributed by atoms with van der Waals surface area (Å²) in [6, 6.07) is 10.4. The zero-order valence-electron chi connectivity index (χ0n) is 24.4. The lowest BCUT2D eigenvalue weighted by molar-refractivity contribution is 0.255. The van der Waals surface area contributed by atoms with Crippen molar-refractivity contribution < 1.29 is 9.47 Å². The smallest absolute Gasteiger partial charge is 0.145 e. The number of unbranched alkanes of at least 4 members (excludes halogenated alkanes) is 1. The third kappa shape index (κ3) is 7.60. The Kier molecular flexibility index (Phi) is 10.5. The Morgan fingerprint density at radius 3 is 2.70 bits per heavy atom. The second-order valence-corrected chi connectivity index (χ2v) is 10.1. The fraction of sp³-hybridized carbons (Fsp3) is 0.406. The molecule has 0 bridgehead atoms. The molecule has 0 fully saturated rings. The van der Waals surface area contributed by atoms with E-state index in [9.17, 15) is 0 Å². The van der Waals surface area contributed by atoms with Gasteiger partial charge in [0, 0.05) is 24.1 Å². The molecule has 8 heteroatoms. The molecule has 8 nitrogen and oxygen atoms in total. The Bertz CT molecular complexity index is 1360. The molecule has 1 aromatic heterocycles. The number of hydrogen-bond acceptors (Lipinski definition) is 8. The molecule has 2 N–H and O–H groups in total. The van der Waals surface area contributed by atoms with Crippen LogP contribution >= 0.6 is 0 Å². The van der Waals surface area contributed by atoms with Gasteiger partial charge in [0.1, 0.15) is 36.0 Å². The Morgan fingerprint density at radius 2 is 1.98 bits per heavy atom. The average Bonchev–Trinajstić information content (AvgIpc) is 2.96. The predicted molar refractivity (Wildman–Crippen MR) is 165 cm³/mol. The van der Waals surface area contributed by atoms with Crippen LogP contribution < -0.4 is 20.1 Å². The summed E-state index contributed by atoms with van der Waals surface area (Å²) in [6.07, 6.45) is 13.7. The summed E-state index contributed by atoms with van der Waals surface area (Å²) in [5.41, 5.74) is 3.84. The molecule has 0 saturated carbocycles. The molecule has 0 radical (unpaired) electrons. The minimum absolute atomic E-state index is 0.308. The molecule has 2 heterocycles. The highest BCUT2D eigenvalue weighted by Crippen LogP contribution is 2.35. The number of nitrogens with zero attached hydrogens (tertiary/aromatic N) is 4. The van der Waals surface area contributed by atoms with E-state index in [1.807, 2.05) is 55.4 Å². The van der Waals surface area contributed by atoms with Gasteiger partial charge in [0.2, 0.25) is 0 Å². The molecule has 1 atom stereocenters. The van der Waals surface area contributed by atoms with Crippen LogP contribution in [0.5, 0.6) is 11.5 Å². The second kappa shape index (κ2) is 14.5. The van der Waals surface area contributed by atoms with E-state index in [1.165, 1.54) is 12.8 Å². The topological polar surface area (TPSA) is 83.9 Å². The average molecular weight is 543 g/mol. The summed E-state index contributed by atoms with van der Waals surface area (Å²) in [5, 5.41) is 14.2. The van der Waals surface area contributed by atoms with Crippen molar-refractivity contribution in [1.82, 2.24) is 20.3 Å². The fourth-order valence-electron chi connectivity index (χ4n) is 4.62. The van der Waals surface area contributed by atoms with Crippen molar-refractivity contribution in [3.05, 3.63) is 71.9 Å². The third-order valence-electron chi connectivity index (χ3n) is 6.79. The second-order valence-electron chi connectivity index (χ2n) is 10.1. The molecule has 40 heavy (non-hydrogen) atoms. The number of ether oxygens (including phenoxy) is 2. The predicted octanol–water partition coefficient (Wildman–Crippen LogP) is 7.03. The Morgan fingerprint density at radius 1 is 1.10 bits per heavy atom. The molecule has 4 rings (SSSR count). The van der Waals surface area contributed by atoms with Gasteiger partial charge in [-0.25, -0.2) is 9.97 Å². The molecule has 1 aliphatic heterocycles. The highest BCUT2D eigenvalue weighted by atomic mass is 16.5. The van der Waals surface area contributed by atoms with Crippen LogP contribution in [0, 0.1) is 13.8 Å². The van der Waals surface area contributed by atoms with Crippen LogP contribution in [0.4, 0.5) is 11.5 Å². The van der Waals surface area contributed by atoms with Crippen LogP contribution in [0.15, 0.2) is 65.9 Å². The van der Waals surface area contributed by atoms with Crippen molar-refractivity contribution in [1.29, 1.82) is 0 Å². The number of anilines is 2. The normalized spacial score (nSPS) is 14.0. The van der Waals surface area contributed by atoms with Gasteiger partial charge < -0.3 is 20.1 Å². The lowest BCUT2D eigenvalue weighted by Crippen LogP contribution is -2.35. The first-order valence-corrected chi connectivity index (χ1v) is 14.3. The maximum absolute atomic E-state index is 6.51. The van der Waals surface area contributed by atoms with Crippen LogP contribution in [-0.4, -0.2) is 46.9 Å². The summed E-state index contributed by atoms with van der Waals surface area (Å²) in [7, 11) is 0. The van der Waals surface area contributed by atoms with E-state index in [0.29, 0.717) is 19.2 Å². The van der Waals surface area contributed by atoms with Crippen molar-refractivity contribution >= 4 is 28.6 Å². The fourth-order valence-corrected chi connectivity index (χ4v) is 4.62. The van der Waals surface area contributed by atoms with Gasteiger partial charge in [-0.1, -0.05) is 32.8 Å². The maximum atomic E-state index is 6.51. The lowest BCUT2D eigenvalue weighted by atomic mass is 10.1. The van der Waals surface area contributed by atoms with Crippen LogP contribution in [0.2, 0.25) is 0 Å². The Hall–Kier alpha value is -3.91. The summed E-state index contributed by atoms with van der Waals surface area (Å²) in [4.78, 5) is 9.15. The van der Waals surface area contributed by atoms with E-state index in [2.05, 4.69) is 58.6 Å². The van der Waals surface area contributed by atoms with Crippen LogP contribution in [0.3, 0.4) is 0 Å². The number of rotatable bonds is 14. The first-order valence-electron chi connectivity index (χ1n) is 14.3. The van der Waals surface area contributed by atoms with Gasteiger partial charge in [0.05, 0.1) is 17.4 Å². The highest BCUT2D eigenvalue weighted by molar-refractivity contribution is 5.96. The summed E-state index contributed by atoms with van der Waals surface area (Å²) >= 11 is 0. The van der Waals surface area contributed by atoms with E-state index in [-0.39, 0.29) is 0 Å². The number of nitrogens with one attached hydrogen (secondary N) is 2. The molecule has 0 spiro atoms. The van der Waals surface area contributed by atoms with Gasteiger partial charge in [-0.05, 0) is 87.7 Å². The lowest BCUT2D eigenvalue weighted by Gasteiger charge is -2.21.